The first kappa shape index (κ1) is 28.8. The molecule has 0 bridgehead atoms. The number of hydrogen-bond acceptors (Lipinski definition) is 7. The number of nitrogens with zero attached hydrogens (tertiary/aromatic N) is 5. The lowest BCUT2D eigenvalue weighted by Gasteiger charge is -2.27. The molecule has 37 heavy (non-hydrogen) atoms. The number of H-pyrrole nitrogens is 1. The quantitative estimate of drug-likeness (QED) is 0.359. The molecule has 3 rings (SSSR count). The second-order valence-electron chi connectivity index (χ2n) is 9.60. The molecule has 0 aliphatic heterocycles. The Morgan fingerprint density at radius 3 is 2.46 bits per heavy atom. The number of sulfonamides is 1. The average Bonchev–Trinajstić information content (AvgIpc) is 3.20. The summed E-state index contributed by atoms with van der Waals surface area (Å²) in [4.78, 5) is 22.8. The highest BCUT2D eigenvalue weighted by molar-refractivity contribution is 7.89. The molecule has 0 radical (unpaired) electrons. The Kier molecular flexibility index (Phi) is 9.49. The number of aryl methyl sites for hydroxylation is 2. The lowest BCUT2D eigenvalue weighted by molar-refractivity contribution is 0.318. The Bertz CT molecular complexity index is 1380. The number of rotatable bonds is 13. The van der Waals surface area contributed by atoms with Gasteiger partial charge in [0.05, 0.1) is 22.8 Å². The van der Waals surface area contributed by atoms with Crippen molar-refractivity contribution in [2.45, 2.75) is 71.2 Å². The minimum Gasteiger partial charge on any atom is -0.493 e. The molecule has 204 valence electrons. The van der Waals surface area contributed by atoms with Gasteiger partial charge < -0.3 is 14.6 Å². The van der Waals surface area contributed by atoms with E-state index in [1.807, 2.05) is 53.6 Å². The number of ether oxygens (including phenoxy) is 1. The molecular weight excluding hydrogens is 492 g/mol. The van der Waals surface area contributed by atoms with E-state index < -0.39 is 10.0 Å². The predicted octanol–water partition coefficient (Wildman–Crippen LogP) is 3.35. The molecule has 2 aromatic heterocycles. The summed E-state index contributed by atoms with van der Waals surface area (Å²) < 4.78 is 36.4. The Morgan fingerprint density at radius 1 is 1.14 bits per heavy atom. The van der Waals surface area contributed by atoms with Crippen LogP contribution in [0, 0.1) is 0 Å². The minimum absolute atomic E-state index is 0.126. The second kappa shape index (κ2) is 12.2. The summed E-state index contributed by atoms with van der Waals surface area (Å²) in [5, 5.41) is 4.71. The number of aromatic nitrogens is 4. The summed E-state index contributed by atoms with van der Waals surface area (Å²) in [6, 6.07) is 4.51. The third kappa shape index (κ3) is 6.22. The third-order valence-electron chi connectivity index (χ3n) is 6.12. The highest BCUT2D eigenvalue weighted by Gasteiger charge is 2.28. The maximum Gasteiger partial charge on any atom is 0.277 e. The molecule has 11 heteroatoms. The van der Waals surface area contributed by atoms with Crippen molar-refractivity contribution >= 4 is 15.5 Å². The highest BCUT2D eigenvalue weighted by atomic mass is 32.2. The summed E-state index contributed by atoms with van der Waals surface area (Å²) in [6.45, 7) is 11.1. The van der Waals surface area contributed by atoms with Crippen molar-refractivity contribution < 1.29 is 13.2 Å². The van der Waals surface area contributed by atoms with Crippen LogP contribution in [0.1, 0.15) is 59.0 Å². The second-order valence-corrected chi connectivity index (χ2v) is 11.5. The van der Waals surface area contributed by atoms with Crippen LogP contribution in [0.2, 0.25) is 0 Å². The van der Waals surface area contributed by atoms with Gasteiger partial charge in [-0.05, 0) is 78.9 Å². The highest BCUT2D eigenvalue weighted by Crippen LogP contribution is 2.32. The first-order chi connectivity index (χ1) is 17.5. The van der Waals surface area contributed by atoms with Gasteiger partial charge in [0.15, 0.2) is 11.3 Å². The molecule has 0 unspecified atom stereocenters. The van der Waals surface area contributed by atoms with Crippen molar-refractivity contribution in [2.75, 3.05) is 33.8 Å². The molecule has 0 aliphatic carbocycles. The number of aromatic amines is 1. The van der Waals surface area contributed by atoms with Crippen molar-refractivity contribution in [2.24, 2.45) is 0 Å². The summed E-state index contributed by atoms with van der Waals surface area (Å²) in [5.41, 5.74) is 1.20. The van der Waals surface area contributed by atoms with Gasteiger partial charge in [-0.1, -0.05) is 13.8 Å². The van der Waals surface area contributed by atoms with Gasteiger partial charge in [-0.25, -0.2) is 17.9 Å². The maximum absolute atomic E-state index is 13.7. The van der Waals surface area contributed by atoms with E-state index in [1.165, 1.54) is 4.31 Å². The van der Waals surface area contributed by atoms with Gasteiger partial charge in [-0.2, -0.15) is 4.31 Å². The molecule has 0 atom stereocenters. The van der Waals surface area contributed by atoms with Gasteiger partial charge in [-0.3, -0.25) is 4.79 Å². The van der Waals surface area contributed by atoms with E-state index >= 15 is 0 Å². The normalized spacial score (nSPS) is 12.4. The fraction of sp³-hybridized carbons (Fsp3) is 0.577. The lowest BCUT2D eigenvalue weighted by Crippen LogP contribution is -2.38. The predicted molar refractivity (Wildman–Crippen MR) is 146 cm³/mol. The molecular formula is C26H40N6O4S. The zero-order valence-electron chi connectivity index (χ0n) is 23.0. The standard InChI is InChI=1S/C26H40N6O4S/c1-8-12-23-27-21(9-2)24-26(33)28-25(29-32(23)24)20-17-19(13-14-22(20)36-10-3)37(34,35)31(18(4)5)16-11-15-30(6)7/h13-14,17-18H,8-12,15-16H2,1-7H3,(H,28,29,33). The summed E-state index contributed by atoms with van der Waals surface area (Å²) in [6.07, 6.45) is 2.83. The summed E-state index contributed by atoms with van der Waals surface area (Å²) >= 11 is 0. The first-order valence-corrected chi connectivity index (χ1v) is 14.4. The SMILES string of the molecule is CCCc1nc(CC)c2c(=O)[nH]c(-c3cc(S(=O)(=O)N(CCCN(C)C)C(C)C)ccc3OCC)nn12. The van der Waals surface area contributed by atoms with Crippen LogP contribution in [-0.2, 0) is 22.9 Å². The molecule has 0 aliphatic rings. The van der Waals surface area contributed by atoms with E-state index in [1.54, 1.807) is 22.7 Å². The van der Waals surface area contributed by atoms with Crippen molar-refractivity contribution in [1.29, 1.82) is 0 Å². The van der Waals surface area contributed by atoms with Gasteiger partial charge in [0, 0.05) is 19.0 Å². The lowest BCUT2D eigenvalue weighted by atomic mass is 10.2. The van der Waals surface area contributed by atoms with Crippen molar-refractivity contribution in [3.63, 3.8) is 0 Å². The molecule has 10 nitrogen and oxygen atoms in total. The zero-order chi connectivity index (χ0) is 27.3. The number of imidazole rings is 1. The van der Waals surface area contributed by atoms with Crippen LogP contribution in [-0.4, -0.2) is 77.0 Å². The maximum atomic E-state index is 13.7. The smallest absolute Gasteiger partial charge is 0.277 e. The van der Waals surface area contributed by atoms with Crippen LogP contribution in [0.3, 0.4) is 0 Å². The molecule has 0 saturated carbocycles. The number of hydrogen-bond donors (Lipinski definition) is 1. The monoisotopic (exact) mass is 532 g/mol. The van der Waals surface area contributed by atoms with Crippen molar-refractivity contribution in [1.82, 2.24) is 28.8 Å². The van der Waals surface area contributed by atoms with Gasteiger partial charge in [-0.15, -0.1) is 5.10 Å². The topological polar surface area (TPSA) is 113 Å². The van der Waals surface area contributed by atoms with Gasteiger partial charge in [0.25, 0.3) is 5.56 Å². The number of benzene rings is 1. The van der Waals surface area contributed by atoms with Crippen LogP contribution >= 0.6 is 0 Å². The van der Waals surface area contributed by atoms with Crippen LogP contribution in [0.4, 0.5) is 0 Å². The number of fused-ring (bicyclic) bond motifs is 1. The van der Waals surface area contributed by atoms with Crippen LogP contribution < -0.4 is 10.3 Å². The Balaban J connectivity index is 2.17. The molecule has 2 heterocycles. The Hall–Kier alpha value is -2.76. The van der Waals surface area contributed by atoms with E-state index in [9.17, 15) is 13.2 Å². The molecule has 0 spiro atoms. The van der Waals surface area contributed by atoms with Crippen LogP contribution in [0.25, 0.3) is 16.9 Å². The molecule has 3 aromatic rings. The van der Waals surface area contributed by atoms with Crippen molar-refractivity contribution in [3.8, 4) is 17.1 Å². The molecule has 0 amide bonds. The zero-order valence-corrected chi connectivity index (χ0v) is 23.9. The minimum atomic E-state index is -3.81. The van der Waals surface area contributed by atoms with Crippen LogP contribution in [0.5, 0.6) is 5.75 Å². The van der Waals surface area contributed by atoms with E-state index in [2.05, 4.69) is 9.97 Å². The van der Waals surface area contributed by atoms with E-state index in [-0.39, 0.29) is 22.3 Å². The fourth-order valence-corrected chi connectivity index (χ4v) is 6.06. The van der Waals surface area contributed by atoms with Gasteiger partial charge in [0.1, 0.15) is 11.6 Å². The molecule has 0 saturated heterocycles. The summed E-state index contributed by atoms with van der Waals surface area (Å²) in [5.74, 6) is 1.38. The van der Waals surface area contributed by atoms with Crippen LogP contribution in [0.15, 0.2) is 27.9 Å². The Morgan fingerprint density at radius 2 is 1.86 bits per heavy atom. The Labute approximate surface area is 219 Å². The van der Waals surface area contributed by atoms with E-state index in [4.69, 9.17) is 9.84 Å². The fourth-order valence-electron chi connectivity index (χ4n) is 4.36. The van der Waals surface area contributed by atoms with E-state index in [0.29, 0.717) is 60.8 Å². The van der Waals surface area contributed by atoms with E-state index in [0.717, 1.165) is 13.0 Å². The molecule has 1 aromatic carbocycles. The van der Waals surface area contributed by atoms with Crippen molar-refractivity contribution in [3.05, 3.63) is 40.1 Å². The van der Waals surface area contributed by atoms with Gasteiger partial charge >= 0.3 is 0 Å². The first-order valence-electron chi connectivity index (χ1n) is 13.0. The number of nitrogens with one attached hydrogen (secondary N) is 1. The molecule has 1 N–H and O–H groups in total. The summed E-state index contributed by atoms with van der Waals surface area (Å²) in [7, 11) is 0.122. The largest absolute Gasteiger partial charge is 0.493 e. The molecule has 0 fully saturated rings. The third-order valence-corrected chi connectivity index (χ3v) is 8.19. The van der Waals surface area contributed by atoms with Gasteiger partial charge in [0.2, 0.25) is 10.0 Å². The average molecular weight is 533 g/mol.